The second-order valence-corrected chi connectivity index (χ2v) is 6.83. The Kier molecular flexibility index (Phi) is 4.50. The largest absolute Gasteiger partial charge is 0.481 e. The molecule has 122 valence electrons. The molecule has 1 N–H and O–H groups in total. The maximum atomic E-state index is 12.7. The summed E-state index contributed by atoms with van der Waals surface area (Å²) in [6, 6.07) is 6.62. The van der Waals surface area contributed by atoms with Crippen molar-refractivity contribution in [1.29, 1.82) is 0 Å². The van der Waals surface area contributed by atoms with Gasteiger partial charge >= 0.3 is 5.97 Å². The third-order valence-corrected chi connectivity index (χ3v) is 5.00. The zero-order valence-corrected chi connectivity index (χ0v) is 14.0. The van der Waals surface area contributed by atoms with Crippen molar-refractivity contribution in [2.75, 3.05) is 18.0 Å². The molecule has 0 radical (unpaired) electrons. The highest BCUT2D eigenvalue weighted by atomic mass is 79.9. The van der Waals surface area contributed by atoms with Crippen LogP contribution in [0.15, 0.2) is 28.7 Å². The van der Waals surface area contributed by atoms with E-state index in [1.807, 2.05) is 11.0 Å². The lowest BCUT2D eigenvalue weighted by Crippen LogP contribution is -2.46. The highest BCUT2D eigenvalue weighted by molar-refractivity contribution is 9.10. The van der Waals surface area contributed by atoms with Crippen LogP contribution in [0.3, 0.4) is 0 Å². The summed E-state index contributed by atoms with van der Waals surface area (Å²) in [6.45, 7) is 1.07. The molecule has 0 aromatic heterocycles. The predicted octanol–water partition coefficient (Wildman–Crippen LogP) is 1.88. The number of piperidine rings is 1. The van der Waals surface area contributed by atoms with Gasteiger partial charge in [0.1, 0.15) is 0 Å². The van der Waals surface area contributed by atoms with Crippen LogP contribution in [-0.2, 0) is 14.4 Å². The van der Waals surface area contributed by atoms with Crippen molar-refractivity contribution in [2.45, 2.75) is 25.3 Å². The minimum absolute atomic E-state index is 0.156. The summed E-state index contributed by atoms with van der Waals surface area (Å²) in [5, 5.41) is 9.05. The first-order valence-corrected chi connectivity index (χ1v) is 8.36. The van der Waals surface area contributed by atoms with Crippen molar-refractivity contribution >= 4 is 39.4 Å². The monoisotopic (exact) mass is 380 g/mol. The van der Waals surface area contributed by atoms with Gasteiger partial charge in [0, 0.05) is 4.47 Å². The van der Waals surface area contributed by atoms with Gasteiger partial charge in [-0.05, 0) is 44.1 Å². The van der Waals surface area contributed by atoms with E-state index < -0.39 is 12.0 Å². The van der Waals surface area contributed by atoms with Crippen molar-refractivity contribution in [3.8, 4) is 0 Å². The number of carbonyl (C=O) groups is 3. The molecule has 6 nitrogen and oxygen atoms in total. The van der Waals surface area contributed by atoms with Gasteiger partial charge in [-0.3, -0.25) is 19.3 Å². The fourth-order valence-electron chi connectivity index (χ4n) is 3.25. The number of nitrogens with zero attached hydrogens (tertiary/aromatic N) is 2. The molecule has 0 bridgehead atoms. The molecule has 7 heteroatoms. The molecule has 2 aliphatic rings. The Morgan fingerprint density at radius 1 is 1.22 bits per heavy atom. The second-order valence-electron chi connectivity index (χ2n) is 5.92. The molecule has 0 aliphatic carbocycles. The molecular formula is C16H17BrN2O4. The quantitative estimate of drug-likeness (QED) is 0.809. The van der Waals surface area contributed by atoms with E-state index in [1.165, 1.54) is 4.90 Å². The molecule has 1 atom stereocenters. The van der Waals surface area contributed by atoms with Crippen molar-refractivity contribution in [2.24, 2.45) is 5.92 Å². The third-order valence-electron chi connectivity index (χ3n) is 4.51. The van der Waals surface area contributed by atoms with E-state index in [0.717, 1.165) is 4.47 Å². The fourth-order valence-corrected chi connectivity index (χ4v) is 3.63. The van der Waals surface area contributed by atoms with E-state index in [-0.39, 0.29) is 24.2 Å². The van der Waals surface area contributed by atoms with Crippen LogP contribution < -0.4 is 4.90 Å². The van der Waals surface area contributed by atoms with E-state index in [1.54, 1.807) is 18.2 Å². The van der Waals surface area contributed by atoms with Gasteiger partial charge in [0.25, 0.3) is 5.91 Å². The van der Waals surface area contributed by atoms with Gasteiger partial charge in [-0.2, -0.15) is 0 Å². The van der Waals surface area contributed by atoms with Gasteiger partial charge in [0.05, 0.1) is 24.1 Å². The number of imide groups is 1. The maximum absolute atomic E-state index is 12.7. The highest BCUT2D eigenvalue weighted by Crippen LogP contribution is 2.29. The van der Waals surface area contributed by atoms with Crippen LogP contribution in [0, 0.1) is 5.92 Å². The van der Waals surface area contributed by atoms with Crippen molar-refractivity contribution < 1.29 is 19.5 Å². The molecule has 2 fully saturated rings. The molecule has 0 spiro atoms. The van der Waals surface area contributed by atoms with Crippen LogP contribution in [-0.4, -0.2) is 46.9 Å². The van der Waals surface area contributed by atoms with Crippen LogP contribution >= 0.6 is 15.9 Å². The molecule has 2 aliphatic heterocycles. The molecule has 3 rings (SSSR count). The van der Waals surface area contributed by atoms with Gasteiger partial charge in [0.15, 0.2) is 0 Å². The SMILES string of the molecule is O=C(O)C1CCN([C@@H]2CC(=O)N(c3cccc(Br)c3)C2=O)CC1. The molecular weight excluding hydrogens is 364 g/mol. The van der Waals surface area contributed by atoms with Crippen LogP contribution in [0.25, 0.3) is 0 Å². The summed E-state index contributed by atoms with van der Waals surface area (Å²) in [7, 11) is 0. The summed E-state index contributed by atoms with van der Waals surface area (Å²) >= 11 is 3.35. The fraction of sp³-hybridized carbons (Fsp3) is 0.438. The lowest BCUT2D eigenvalue weighted by atomic mass is 9.96. The van der Waals surface area contributed by atoms with Gasteiger partial charge in [-0.15, -0.1) is 0 Å². The van der Waals surface area contributed by atoms with E-state index in [2.05, 4.69) is 15.9 Å². The average Bonchev–Trinajstić information content (AvgIpc) is 2.82. The van der Waals surface area contributed by atoms with Crippen LogP contribution in [0.4, 0.5) is 5.69 Å². The molecule has 0 saturated carbocycles. The van der Waals surface area contributed by atoms with Crippen molar-refractivity contribution in [1.82, 2.24) is 4.90 Å². The summed E-state index contributed by atoms with van der Waals surface area (Å²) in [4.78, 5) is 39.2. The maximum Gasteiger partial charge on any atom is 0.306 e. The number of rotatable bonds is 3. The van der Waals surface area contributed by atoms with Gasteiger partial charge in [-0.25, -0.2) is 4.90 Å². The predicted molar refractivity (Wildman–Crippen MR) is 87.0 cm³/mol. The van der Waals surface area contributed by atoms with Crippen molar-refractivity contribution in [3.63, 3.8) is 0 Å². The van der Waals surface area contributed by atoms with E-state index in [9.17, 15) is 14.4 Å². The number of anilines is 1. The second kappa shape index (κ2) is 6.41. The number of carboxylic acids is 1. The van der Waals surface area contributed by atoms with Crippen LogP contribution in [0.1, 0.15) is 19.3 Å². The Balaban J connectivity index is 1.73. The normalized spacial score (nSPS) is 23.5. The minimum atomic E-state index is -0.783. The van der Waals surface area contributed by atoms with E-state index in [0.29, 0.717) is 31.6 Å². The number of halogens is 1. The zero-order chi connectivity index (χ0) is 16.6. The Morgan fingerprint density at radius 2 is 1.91 bits per heavy atom. The van der Waals surface area contributed by atoms with Gasteiger partial charge in [-0.1, -0.05) is 22.0 Å². The van der Waals surface area contributed by atoms with Gasteiger partial charge < -0.3 is 5.11 Å². The molecule has 0 unspecified atom stereocenters. The molecule has 2 heterocycles. The average molecular weight is 381 g/mol. The number of likely N-dealkylation sites (tertiary alicyclic amines) is 1. The minimum Gasteiger partial charge on any atom is -0.481 e. The first-order valence-electron chi connectivity index (χ1n) is 7.56. The molecule has 23 heavy (non-hydrogen) atoms. The Hall–Kier alpha value is -1.73. The number of aliphatic carboxylic acids is 1. The third kappa shape index (κ3) is 3.16. The highest BCUT2D eigenvalue weighted by Gasteiger charge is 2.43. The van der Waals surface area contributed by atoms with Crippen LogP contribution in [0.5, 0.6) is 0 Å². The number of carbonyl (C=O) groups excluding carboxylic acids is 2. The van der Waals surface area contributed by atoms with Crippen molar-refractivity contribution in [3.05, 3.63) is 28.7 Å². The molecule has 1 aromatic carbocycles. The lowest BCUT2D eigenvalue weighted by Gasteiger charge is -2.33. The molecule has 2 amide bonds. The summed E-state index contributed by atoms with van der Waals surface area (Å²) < 4.78 is 0.807. The lowest BCUT2D eigenvalue weighted by molar-refractivity contribution is -0.143. The Bertz CT molecular complexity index is 655. The summed E-state index contributed by atoms with van der Waals surface area (Å²) in [5.41, 5.74) is 0.567. The van der Waals surface area contributed by atoms with E-state index >= 15 is 0 Å². The van der Waals surface area contributed by atoms with Crippen LogP contribution in [0.2, 0.25) is 0 Å². The first kappa shape index (κ1) is 16.1. The van der Waals surface area contributed by atoms with E-state index in [4.69, 9.17) is 5.11 Å². The number of carboxylic acid groups (broad SMARTS) is 1. The summed E-state index contributed by atoms with van der Waals surface area (Å²) in [6.07, 6.45) is 1.19. The summed E-state index contributed by atoms with van der Waals surface area (Å²) in [5.74, 6) is -1.56. The topological polar surface area (TPSA) is 77.9 Å². The number of amides is 2. The Labute approximate surface area is 142 Å². The molecule has 1 aromatic rings. The Morgan fingerprint density at radius 3 is 2.52 bits per heavy atom. The van der Waals surface area contributed by atoms with Gasteiger partial charge in [0.2, 0.25) is 5.91 Å². The number of hydrogen-bond donors (Lipinski definition) is 1. The zero-order valence-electron chi connectivity index (χ0n) is 12.4. The number of benzene rings is 1. The standard InChI is InChI=1S/C16H17BrN2O4/c17-11-2-1-3-12(8-11)19-14(20)9-13(15(19)21)18-6-4-10(5-7-18)16(22)23/h1-3,8,10,13H,4-7,9H2,(H,22,23)/t13-/m1/s1. The smallest absolute Gasteiger partial charge is 0.306 e. The number of hydrogen-bond acceptors (Lipinski definition) is 4. The first-order chi connectivity index (χ1) is 11.0. The molecule has 2 saturated heterocycles.